The topological polar surface area (TPSA) is 94.7 Å². The molecule has 2 N–H and O–H groups in total. The molecule has 1 amide bonds. The van der Waals surface area contributed by atoms with Crippen molar-refractivity contribution in [3.63, 3.8) is 0 Å². The van der Waals surface area contributed by atoms with E-state index in [2.05, 4.69) is 27.9 Å². The Morgan fingerprint density at radius 3 is 2.80 bits per heavy atom. The highest BCUT2D eigenvalue weighted by Crippen LogP contribution is 2.28. The van der Waals surface area contributed by atoms with Crippen molar-refractivity contribution in [1.82, 2.24) is 24.8 Å². The van der Waals surface area contributed by atoms with E-state index < -0.39 is 5.56 Å². The van der Waals surface area contributed by atoms with Gasteiger partial charge < -0.3 is 14.9 Å². The Labute approximate surface area is 144 Å². The van der Waals surface area contributed by atoms with Crippen LogP contribution in [0.5, 0.6) is 0 Å². The lowest BCUT2D eigenvalue weighted by molar-refractivity contribution is 0.0709. The first-order valence-electron chi connectivity index (χ1n) is 8.40. The molecule has 0 saturated carbocycles. The smallest absolute Gasteiger partial charge is 0.263 e. The van der Waals surface area contributed by atoms with Crippen LogP contribution in [-0.4, -0.2) is 43.8 Å². The monoisotopic (exact) mass is 337 g/mol. The zero-order valence-corrected chi connectivity index (χ0v) is 14.0. The maximum Gasteiger partial charge on any atom is 0.263 e. The van der Waals surface area contributed by atoms with Gasteiger partial charge in [0.05, 0.1) is 17.4 Å². The molecule has 1 saturated heterocycles. The molecule has 1 aliphatic rings. The van der Waals surface area contributed by atoms with E-state index in [1.54, 1.807) is 4.90 Å². The van der Waals surface area contributed by atoms with Gasteiger partial charge in [-0.2, -0.15) is 0 Å². The number of hydrogen-bond donors (Lipinski definition) is 2. The largest absolute Gasteiger partial charge is 0.342 e. The third-order valence-electron chi connectivity index (χ3n) is 4.85. The van der Waals surface area contributed by atoms with Crippen LogP contribution in [0.4, 0.5) is 0 Å². The number of H-pyrrole nitrogens is 2. The molecule has 128 valence electrons. The fourth-order valence-electron chi connectivity index (χ4n) is 3.41. The number of amides is 1. The highest BCUT2D eigenvalue weighted by molar-refractivity contribution is 5.93. The summed E-state index contributed by atoms with van der Waals surface area (Å²) in [5.74, 6) is 1.02. The molecule has 0 bridgehead atoms. The van der Waals surface area contributed by atoms with Crippen LogP contribution in [0.3, 0.4) is 0 Å². The fraction of sp³-hybridized carbons (Fsp3) is 0.333. The number of aromatic nitrogens is 4. The van der Waals surface area contributed by atoms with Crippen LogP contribution in [0.25, 0.3) is 11.0 Å². The lowest BCUT2D eigenvalue weighted by Gasteiger charge is -2.30. The summed E-state index contributed by atoms with van der Waals surface area (Å²) >= 11 is 0. The second kappa shape index (κ2) is 6.16. The lowest BCUT2D eigenvalue weighted by Crippen LogP contribution is -2.40. The number of nitrogens with zero attached hydrogens (tertiary/aromatic N) is 3. The first-order chi connectivity index (χ1) is 12.1. The maximum absolute atomic E-state index is 12.5. The third-order valence-corrected chi connectivity index (χ3v) is 4.85. The molecule has 4 rings (SSSR count). The van der Waals surface area contributed by atoms with Gasteiger partial charge in [0.15, 0.2) is 0 Å². The first-order valence-corrected chi connectivity index (χ1v) is 8.40. The summed E-state index contributed by atoms with van der Waals surface area (Å²) in [4.78, 5) is 40.4. The van der Waals surface area contributed by atoms with Gasteiger partial charge in [-0.1, -0.05) is 12.1 Å². The zero-order valence-electron chi connectivity index (χ0n) is 14.0. The Hall–Kier alpha value is -2.96. The number of benzene rings is 1. The number of nitrogens with one attached hydrogen (secondary N) is 2. The molecular weight excluding hydrogens is 318 g/mol. The highest BCUT2D eigenvalue weighted by Gasteiger charge is 2.27. The Kier molecular flexibility index (Phi) is 3.83. The first kappa shape index (κ1) is 15.6. The molecule has 3 aromatic rings. The highest BCUT2D eigenvalue weighted by atomic mass is 16.2. The van der Waals surface area contributed by atoms with E-state index in [1.807, 2.05) is 12.1 Å². The van der Waals surface area contributed by atoms with Crippen LogP contribution in [0.2, 0.25) is 0 Å². The van der Waals surface area contributed by atoms with Gasteiger partial charge in [0, 0.05) is 25.2 Å². The molecule has 0 radical (unpaired) electrons. The average molecular weight is 337 g/mol. The van der Waals surface area contributed by atoms with Gasteiger partial charge in [-0.15, -0.1) is 0 Å². The van der Waals surface area contributed by atoms with E-state index in [-0.39, 0.29) is 11.5 Å². The van der Waals surface area contributed by atoms with Crippen LogP contribution >= 0.6 is 0 Å². The molecule has 3 heterocycles. The van der Waals surface area contributed by atoms with Crippen molar-refractivity contribution in [1.29, 1.82) is 0 Å². The second-order valence-electron chi connectivity index (χ2n) is 6.45. The van der Waals surface area contributed by atoms with Crippen molar-refractivity contribution >= 4 is 16.9 Å². The number of aromatic amines is 2. The molecule has 1 aromatic carbocycles. The standard InChI is InChI=1S/C18H19N5O2/c1-11-3-2-4-14-15(11)22-16(21-14)12-5-7-23(8-6-12)18(25)13-9-19-10-20-17(13)24/h2-4,9-10,12H,5-8H2,1H3,(H,21,22)(H,19,20,24). The van der Waals surface area contributed by atoms with Crippen molar-refractivity contribution in [3.8, 4) is 0 Å². The van der Waals surface area contributed by atoms with E-state index in [1.165, 1.54) is 12.5 Å². The van der Waals surface area contributed by atoms with Gasteiger partial charge in [-0.25, -0.2) is 9.97 Å². The predicted octanol–water partition coefficient (Wildman–Crippen LogP) is 1.97. The van der Waals surface area contributed by atoms with Gasteiger partial charge in [0.25, 0.3) is 11.5 Å². The predicted molar refractivity (Wildman–Crippen MR) is 93.6 cm³/mol. The molecule has 1 aliphatic heterocycles. The van der Waals surface area contributed by atoms with E-state index >= 15 is 0 Å². The molecule has 0 atom stereocenters. The summed E-state index contributed by atoms with van der Waals surface area (Å²) < 4.78 is 0. The van der Waals surface area contributed by atoms with Crippen molar-refractivity contribution in [2.24, 2.45) is 0 Å². The van der Waals surface area contributed by atoms with Gasteiger partial charge in [-0.05, 0) is 31.4 Å². The minimum Gasteiger partial charge on any atom is -0.342 e. The summed E-state index contributed by atoms with van der Waals surface area (Å²) in [5.41, 5.74) is 2.92. The summed E-state index contributed by atoms with van der Waals surface area (Å²) in [6, 6.07) is 6.11. The number of fused-ring (bicyclic) bond motifs is 1. The normalized spacial score (nSPS) is 15.6. The number of hydrogen-bond acceptors (Lipinski definition) is 4. The molecule has 0 spiro atoms. The Morgan fingerprint density at radius 1 is 1.28 bits per heavy atom. The second-order valence-corrected chi connectivity index (χ2v) is 6.45. The zero-order chi connectivity index (χ0) is 17.4. The van der Waals surface area contributed by atoms with Crippen LogP contribution in [0, 0.1) is 6.92 Å². The van der Waals surface area contributed by atoms with Gasteiger partial charge in [0.2, 0.25) is 0 Å². The van der Waals surface area contributed by atoms with E-state index in [0.717, 1.165) is 35.3 Å². The third kappa shape index (κ3) is 2.82. The maximum atomic E-state index is 12.5. The van der Waals surface area contributed by atoms with E-state index in [9.17, 15) is 9.59 Å². The Bertz CT molecular complexity index is 982. The number of carbonyl (C=O) groups excluding carboxylic acids is 1. The van der Waals surface area contributed by atoms with Crippen molar-refractivity contribution in [3.05, 3.63) is 58.0 Å². The number of likely N-dealkylation sites (tertiary alicyclic amines) is 1. The lowest BCUT2D eigenvalue weighted by atomic mass is 9.96. The number of carbonyl (C=O) groups is 1. The van der Waals surface area contributed by atoms with Gasteiger partial charge >= 0.3 is 0 Å². The van der Waals surface area contributed by atoms with Crippen molar-refractivity contribution < 1.29 is 4.79 Å². The molecule has 7 heteroatoms. The number of para-hydroxylation sites is 1. The van der Waals surface area contributed by atoms with E-state index in [0.29, 0.717) is 19.0 Å². The molecule has 0 unspecified atom stereocenters. The molecule has 2 aromatic heterocycles. The van der Waals surface area contributed by atoms with Gasteiger partial charge in [0.1, 0.15) is 11.4 Å². The number of aryl methyl sites for hydroxylation is 1. The summed E-state index contributed by atoms with van der Waals surface area (Å²) in [6.07, 6.45) is 4.26. The number of imidazole rings is 1. The molecule has 7 nitrogen and oxygen atoms in total. The summed E-state index contributed by atoms with van der Waals surface area (Å²) in [5, 5.41) is 0. The molecule has 1 fully saturated rings. The summed E-state index contributed by atoms with van der Waals surface area (Å²) in [7, 11) is 0. The minimum absolute atomic E-state index is 0.0975. The number of rotatable bonds is 2. The molecular formula is C18H19N5O2. The molecule has 25 heavy (non-hydrogen) atoms. The van der Waals surface area contributed by atoms with Crippen LogP contribution in [-0.2, 0) is 0 Å². The van der Waals surface area contributed by atoms with Crippen molar-refractivity contribution in [2.75, 3.05) is 13.1 Å². The van der Waals surface area contributed by atoms with Crippen LogP contribution < -0.4 is 5.56 Å². The van der Waals surface area contributed by atoms with Crippen molar-refractivity contribution in [2.45, 2.75) is 25.7 Å². The van der Waals surface area contributed by atoms with E-state index in [4.69, 9.17) is 4.98 Å². The van der Waals surface area contributed by atoms with Crippen LogP contribution in [0.1, 0.15) is 40.5 Å². The SMILES string of the molecule is Cc1cccc2[nH]c(C3CCN(C(=O)c4cnc[nH]c4=O)CC3)nc12. The number of piperidine rings is 1. The Balaban J connectivity index is 1.49. The molecule has 0 aliphatic carbocycles. The Morgan fingerprint density at radius 2 is 2.08 bits per heavy atom. The minimum atomic E-state index is -0.394. The fourth-order valence-corrected chi connectivity index (χ4v) is 3.41. The summed E-state index contributed by atoms with van der Waals surface area (Å²) in [6.45, 7) is 3.27. The van der Waals surface area contributed by atoms with Crippen LogP contribution in [0.15, 0.2) is 35.5 Å². The average Bonchev–Trinajstić information content (AvgIpc) is 3.07. The quantitative estimate of drug-likeness (QED) is 0.747. The van der Waals surface area contributed by atoms with Gasteiger partial charge in [-0.3, -0.25) is 9.59 Å².